The predicted octanol–water partition coefficient (Wildman–Crippen LogP) is -1.59. The van der Waals surface area contributed by atoms with Crippen molar-refractivity contribution in [2.45, 2.75) is 0 Å². The van der Waals surface area contributed by atoms with Gasteiger partial charge in [-0.25, -0.2) is 0 Å². The van der Waals surface area contributed by atoms with Gasteiger partial charge in [0.2, 0.25) is 0 Å². The molecule has 0 saturated carbocycles. The van der Waals surface area contributed by atoms with E-state index in [1.807, 2.05) is 0 Å². The standard InChI is InChI=1S/2H2O.H3P.V/h2*1H2;1H3;. The molecule has 4 heavy (non-hydrogen) atoms. The molecule has 0 aliphatic rings. The molecule has 0 heterocycles. The van der Waals surface area contributed by atoms with Gasteiger partial charge in [-0.2, -0.15) is 9.90 Å². The van der Waals surface area contributed by atoms with Gasteiger partial charge in [0.05, 0.1) is 0 Å². The second kappa shape index (κ2) is 38.8. The van der Waals surface area contributed by atoms with E-state index in [9.17, 15) is 0 Å². The number of hydrogen-bond donors (Lipinski definition) is 0. The normalized spacial score (nSPS) is 0. The molecule has 0 rings (SSSR count). The van der Waals surface area contributed by atoms with Crippen molar-refractivity contribution >= 4 is 9.90 Å². The van der Waals surface area contributed by atoms with Crippen LogP contribution in [0, 0.1) is 0 Å². The van der Waals surface area contributed by atoms with E-state index in [0.29, 0.717) is 0 Å². The van der Waals surface area contributed by atoms with Crippen LogP contribution in [-0.2, 0) is 18.6 Å². The molecule has 0 aromatic carbocycles. The van der Waals surface area contributed by atoms with E-state index in [-0.39, 0.29) is 39.4 Å². The molecule has 0 aromatic rings. The largest absolute Gasteiger partial charge is 0.412 e. The van der Waals surface area contributed by atoms with Crippen LogP contribution in [0.4, 0.5) is 0 Å². The van der Waals surface area contributed by atoms with Gasteiger partial charge in [-0.3, -0.25) is 0 Å². The van der Waals surface area contributed by atoms with Crippen LogP contribution in [0.5, 0.6) is 0 Å². The summed E-state index contributed by atoms with van der Waals surface area (Å²) in [7, 11) is 0. The zero-order chi connectivity index (χ0) is 0. The molecule has 0 bridgehead atoms. The van der Waals surface area contributed by atoms with Crippen molar-refractivity contribution in [3.05, 3.63) is 0 Å². The zero-order valence-electron chi connectivity index (χ0n) is 2.15. The van der Waals surface area contributed by atoms with Crippen molar-refractivity contribution in [2.24, 2.45) is 0 Å². The molecule has 0 saturated heterocycles. The molecule has 0 aliphatic heterocycles. The molecule has 4 heteroatoms. The molecular formula is H7O2PV. The summed E-state index contributed by atoms with van der Waals surface area (Å²) in [6.07, 6.45) is 0. The fraction of sp³-hybridized carbons (Fsp3) is 0. The van der Waals surface area contributed by atoms with Crippen LogP contribution in [-0.4, -0.2) is 11.0 Å². The maximum atomic E-state index is 0. The topological polar surface area (TPSA) is 63.0 Å². The fourth-order valence-corrected chi connectivity index (χ4v) is 0. The van der Waals surface area contributed by atoms with Gasteiger partial charge in [-0.1, -0.05) is 0 Å². The Morgan fingerprint density at radius 3 is 0.750 bits per heavy atom. The van der Waals surface area contributed by atoms with Gasteiger partial charge >= 0.3 is 0 Å². The van der Waals surface area contributed by atoms with Crippen molar-refractivity contribution in [2.75, 3.05) is 0 Å². The second-order valence-electron chi connectivity index (χ2n) is 0. The summed E-state index contributed by atoms with van der Waals surface area (Å²) in [4.78, 5) is 0. The van der Waals surface area contributed by atoms with Gasteiger partial charge in [0.15, 0.2) is 0 Å². The molecule has 29 valence electrons. The maximum absolute atomic E-state index is 0. The van der Waals surface area contributed by atoms with E-state index in [2.05, 4.69) is 0 Å². The van der Waals surface area contributed by atoms with Crippen LogP contribution < -0.4 is 0 Å². The third-order valence-electron chi connectivity index (χ3n) is 0. The first kappa shape index (κ1) is 87.5. The average Bonchev–Trinajstić information content (AvgIpc) is 0. The fourth-order valence-electron chi connectivity index (χ4n) is 0. The first-order valence-corrected chi connectivity index (χ1v) is 0. The summed E-state index contributed by atoms with van der Waals surface area (Å²) in [6.45, 7) is 0. The van der Waals surface area contributed by atoms with Gasteiger partial charge in [-0.05, 0) is 0 Å². The Bertz CT molecular complexity index is 6.00. The third kappa shape index (κ3) is 12.6. The van der Waals surface area contributed by atoms with E-state index in [4.69, 9.17) is 0 Å². The van der Waals surface area contributed by atoms with Gasteiger partial charge in [0.1, 0.15) is 0 Å². The smallest absolute Gasteiger partial charge is 0 e. The SMILES string of the molecule is O.O.P.[V]. The number of rotatable bonds is 0. The van der Waals surface area contributed by atoms with E-state index >= 15 is 0 Å². The van der Waals surface area contributed by atoms with Crippen molar-refractivity contribution in [1.29, 1.82) is 0 Å². The summed E-state index contributed by atoms with van der Waals surface area (Å²) < 4.78 is 0. The second-order valence-corrected chi connectivity index (χ2v) is 0. The Balaban J connectivity index is 0. The minimum atomic E-state index is 0. The van der Waals surface area contributed by atoms with Crippen LogP contribution in [0.2, 0.25) is 0 Å². The molecule has 0 fully saturated rings. The predicted molar refractivity (Wildman–Crippen MR) is 18.3 cm³/mol. The Hall–Kier alpha value is 0.934. The Morgan fingerprint density at radius 1 is 0.750 bits per heavy atom. The maximum Gasteiger partial charge on any atom is 0 e. The molecule has 1 atom stereocenters. The number of hydrogen-bond acceptors (Lipinski definition) is 0. The zero-order valence-corrected chi connectivity index (χ0v) is 4.97. The van der Waals surface area contributed by atoms with E-state index in [1.54, 1.807) is 0 Å². The Kier molecular flexibility index (Phi) is 849. The van der Waals surface area contributed by atoms with Gasteiger partial charge in [-0.15, -0.1) is 0 Å². The molecule has 0 spiro atoms. The van der Waals surface area contributed by atoms with Crippen LogP contribution in [0.1, 0.15) is 0 Å². The van der Waals surface area contributed by atoms with Crippen LogP contribution in [0.15, 0.2) is 0 Å². The van der Waals surface area contributed by atoms with Gasteiger partial charge in [0, 0.05) is 18.6 Å². The first-order valence-electron chi connectivity index (χ1n) is 0. The van der Waals surface area contributed by atoms with Gasteiger partial charge in [0.25, 0.3) is 0 Å². The van der Waals surface area contributed by atoms with Crippen LogP contribution >= 0.6 is 9.90 Å². The third-order valence-corrected chi connectivity index (χ3v) is 0. The van der Waals surface area contributed by atoms with Crippen molar-refractivity contribution in [3.8, 4) is 0 Å². The molecule has 0 aromatic heterocycles. The first-order chi connectivity index (χ1) is 0. The van der Waals surface area contributed by atoms with E-state index in [0.717, 1.165) is 0 Å². The quantitative estimate of drug-likeness (QED) is 0.347. The molecule has 1 radical (unpaired) electrons. The van der Waals surface area contributed by atoms with Crippen LogP contribution in [0.25, 0.3) is 0 Å². The molecule has 1 unspecified atom stereocenters. The Labute approximate surface area is 40.1 Å². The van der Waals surface area contributed by atoms with E-state index in [1.165, 1.54) is 0 Å². The summed E-state index contributed by atoms with van der Waals surface area (Å²) in [5.74, 6) is 0. The van der Waals surface area contributed by atoms with Crippen molar-refractivity contribution in [3.63, 3.8) is 0 Å². The molecular weight excluding hydrogens is 114 g/mol. The molecule has 0 amide bonds. The molecule has 0 aliphatic carbocycles. The van der Waals surface area contributed by atoms with E-state index < -0.39 is 0 Å². The van der Waals surface area contributed by atoms with Crippen molar-refractivity contribution in [1.82, 2.24) is 0 Å². The summed E-state index contributed by atoms with van der Waals surface area (Å²) in [5, 5.41) is 0. The Morgan fingerprint density at radius 2 is 0.750 bits per heavy atom. The summed E-state index contributed by atoms with van der Waals surface area (Å²) in [5.41, 5.74) is 0. The molecule has 4 N–H and O–H groups in total. The molecule has 2 nitrogen and oxygen atoms in total. The van der Waals surface area contributed by atoms with Gasteiger partial charge < -0.3 is 11.0 Å². The monoisotopic (exact) mass is 121 g/mol. The minimum Gasteiger partial charge on any atom is -0.412 e. The summed E-state index contributed by atoms with van der Waals surface area (Å²) >= 11 is 0. The summed E-state index contributed by atoms with van der Waals surface area (Å²) in [6, 6.07) is 0. The van der Waals surface area contributed by atoms with Crippen LogP contribution in [0.3, 0.4) is 0 Å². The van der Waals surface area contributed by atoms with Crippen molar-refractivity contribution < 1.29 is 29.5 Å². The average molecular weight is 121 g/mol. The minimum absolute atomic E-state index is 0.